The summed E-state index contributed by atoms with van der Waals surface area (Å²) in [5.41, 5.74) is 5.78. The molecular weight excluding hydrogens is 252 g/mol. The molecule has 0 fully saturated rings. The second-order valence-corrected chi connectivity index (χ2v) is 6.65. The minimum absolute atomic E-state index is 0.624. The van der Waals surface area contributed by atoms with Gasteiger partial charge in [-0.1, -0.05) is 76.2 Å². The normalized spacial score (nSPS) is 11.3. The maximum Gasteiger partial charge on any atom is -0.0219 e. The molecule has 0 aliphatic rings. The van der Waals surface area contributed by atoms with E-state index in [0.29, 0.717) is 11.8 Å². The second-order valence-electron chi connectivity index (χ2n) is 6.65. The van der Waals surface area contributed by atoms with E-state index in [-0.39, 0.29) is 0 Å². The van der Waals surface area contributed by atoms with Crippen LogP contribution in [0.5, 0.6) is 0 Å². The van der Waals surface area contributed by atoms with Crippen molar-refractivity contribution in [2.24, 2.45) is 0 Å². The Morgan fingerprint density at radius 1 is 0.571 bits per heavy atom. The van der Waals surface area contributed by atoms with E-state index in [9.17, 15) is 0 Å². The summed E-state index contributed by atoms with van der Waals surface area (Å²) in [6.45, 7) is 8.98. The van der Waals surface area contributed by atoms with Gasteiger partial charge in [-0.05, 0) is 53.4 Å². The lowest BCUT2D eigenvalue weighted by molar-refractivity contribution is 0.813. The van der Waals surface area contributed by atoms with Crippen LogP contribution in [0, 0.1) is 0 Å². The molecule has 0 saturated heterocycles. The van der Waals surface area contributed by atoms with E-state index in [0.717, 1.165) is 0 Å². The van der Waals surface area contributed by atoms with Gasteiger partial charge in [0, 0.05) is 0 Å². The predicted octanol–water partition coefficient (Wildman–Crippen LogP) is 6.11. The van der Waals surface area contributed by atoms with Crippen molar-refractivity contribution in [1.29, 1.82) is 0 Å². The maximum absolute atomic E-state index is 2.29. The van der Waals surface area contributed by atoms with Crippen LogP contribution in [0.25, 0.3) is 0 Å². The van der Waals surface area contributed by atoms with Gasteiger partial charge in [-0.2, -0.15) is 0 Å². The van der Waals surface area contributed by atoms with E-state index in [1.165, 1.54) is 41.5 Å². The first-order valence-electron chi connectivity index (χ1n) is 8.24. The van der Waals surface area contributed by atoms with Crippen LogP contribution in [0.2, 0.25) is 0 Å². The van der Waals surface area contributed by atoms with Crippen LogP contribution in [0.1, 0.15) is 68.2 Å². The lowest BCUT2D eigenvalue weighted by atomic mass is 9.97. The molecule has 0 unspecified atom stereocenters. The molecule has 2 rings (SSSR count). The standard InChI is InChI=1S/C21H28/c1-16(2)20-12-8-18(9-13-20)6-5-7-19-10-14-21(15-11-19)17(3)4/h8-17H,5-7H2,1-4H3. The summed E-state index contributed by atoms with van der Waals surface area (Å²) in [6.07, 6.45) is 3.57. The van der Waals surface area contributed by atoms with Crippen molar-refractivity contribution in [3.63, 3.8) is 0 Å². The van der Waals surface area contributed by atoms with Crippen LogP contribution in [0.4, 0.5) is 0 Å². The first-order valence-corrected chi connectivity index (χ1v) is 8.24. The van der Waals surface area contributed by atoms with Crippen LogP contribution in [0.3, 0.4) is 0 Å². The van der Waals surface area contributed by atoms with Gasteiger partial charge in [0.25, 0.3) is 0 Å². The molecule has 0 atom stereocenters. The molecule has 0 N–H and O–H groups in total. The molecule has 0 bridgehead atoms. The maximum atomic E-state index is 2.29. The van der Waals surface area contributed by atoms with E-state index >= 15 is 0 Å². The molecule has 0 saturated carbocycles. The zero-order chi connectivity index (χ0) is 15.2. The topological polar surface area (TPSA) is 0 Å². The van der Waals surface area contributed by atoms with E-state index < -0.39 is 0 Å². The number of aryl methyl sites for hydroxylation is 2. The molecule has 2 aromatic carbocycles. The van der Waals surface area contributed by atoms with Gasteiger partial charge in [-0.3, -0.25) is 0 Å². The van der Waals surface area contributed by atoms with E-state index in [2.05, 4.69) is 76.2 Å². The summed E-state index contributed by atoms with van der Waals surface area (Å²) in [5.74, 6) is 1.25. The first kappa shape index (κ1) is 15.8. The van der Waals surface area contributed by atoms with Gasteiger partial charge >= 0.3 is 0 Å². The van der Waals surface area contributed by atoms with Gasteiger partial charge in [0.15, 0.2) is 0 Å². The zero-order valence-electron chi connectivity index (χ0n) is 13.9. The summed E-state index contributed by atoms with van der Waals surface area (Å²) in [7, 11) is 0. The minimum atomic E-state index is 0.624. The third-order valence-corrected chi connectivity index (χ3v) is 4.22. The quantitative estimate of drug-likeness (QED) is 0.599. The molecule has 0 amide bonds. The highest BCUT2D eigenvalue weighted by Crippen LogP contribution is 2.17. The highest BCUT2D eigenvalue weighted by Gasteiger charge is 2.01. The van der Waals surface area contributed by atoms with Crippen molar-refractivity contribution in [3.8, 4) is 0 Å². The van der Waals surface area contributed by atoms with Gasteiger partial charge in [-0.15, -0.1) is 0 Å². The average Bonchev–Trinajstić information content (AvgIpc) is 2.48. The summed E-state index contributed by atoms with van der Waals surface area (Å²) in [4.78, 5) is 0. The Morgan fingerprint density at radius 3 is 1.19 bits per heavy atom. The highest BCUT2D eigenvalue weighted by molar-refractivity contribution is 5.26. The molecule has 0 heterocycles. The molecule has 0 spiro atoms. The molecule has 0 aromatic heterocycles. The summed E-state index contributed by atoms with van der Waals surface area (Å²) >= 11 is 0. The van der Waals surface area contributed by atoms with Crippen LogP contribution in [0.15, 0.2) is 48.5 Å². The number of hydrogen-bond acceptors (Lipinski definition) is 0. The van der Waals surface area contributed by atoms with E-state index in [1.807, 2.05) is 0 Å². The van der Waals surface area contributed by atoms with Crippen molar-refractivity contribution in [2.45, 2.75) is 58.8 Å². The smallest absolute Gasteiger partial charge is 0.0219 e. The first-order chi connectivity index (χ1) is 10.1. The summed E-state index contributed by atoms with van der Waals surface area (Å²) < 4.78 is 0. The van der Waals surface area contributed by atoms with Crippen LogP contribution < -0.4 is 0 Å². The molecule has 0 radical (unpaired) electrons. The number of benzene rings is 2. The predicted molar refractivity (Wildman–Crippen MR) is 93.1 cm³/mol. The van der Waals surface area contributed by atoms with Crippen molar-refractivity contribution < 1.29 is 0 Å². The third kappa shape index (κ3) is 4.74. The Hall–Kier alpha value is -1.56. The Bertz CT molecular complexity index is 478. The molecule has 0 aliphatic carbocycles. The van der Waals surface area contributed by atoms with Crippen LogP contribution in [-0.2, 0) is 12.8 Å². The lowest BCUT2D eigenvalue weighted by Crippen LogP contribution is -1.93. The van der Waals surface area contributed by atoms with E-state index in [4.69, 9.17) is 0 Å². The van der Waals surface area contributed by atoms with Crippen LogP contribution >= 0.6 is 0 Å². The van der Waals surface area contributed by atoms with Crippen molar-refractivity contribution in [1.82, 2.24) is 0 Å². The highest BCUT2D eigenvalue weighted by atomic mass is 14.1. The molecule has 2 aromatic rings. The fourth-order valence-electron chi connectivity index (χ4n) is 2.64. The fraction of sp³-hybridized carbons (Fsp3) is 0.429. The summed E-state index contributed by atoms with van der Waals surface area (Å²) in [5, 5.41) is 0. The third-order valence-electron chi connectivity index (χ3n) is 4.22. The Labute approximate surface area is 130 Å². The van der Waals surface area contributed by atoms with Gasteiger partial charge in [0.1, 0.15) is 0 Å². The Morgan fingerprint density at radius 2 is 0.905 bits per heavy atom. The lowest BCUT2D eigenvalue weighted by Gasteiger charge is -2.08. The molecule has 21 heavy (non-hydrogen) atoms. The van der Waals surface area contributed by atoms with Gasteiger partial charge < -0.3 is 0 Å². The SMILES string of the molecule is CC(C)c1ccc(CCCc2ccc(C(C)C)cc2)cc1. The van der Waals surface area contributed by atoms with Gasteiger partial charge in [0.2, 0.25) is 0 Å². The molecule has 112 valence electrons. The van der Waals surface area contributed by atoms with E-state index in [1.54, 1.807) is 0 Å². The average molecular weight is 280 g/mol. The Balaban J connectivity index is 1.83. The van der Waals surface area contributed by atoms with Gasteiger partial charge in [-0.25, -0.2) is 0 Å². The van der Waals surface area contributed by atoms with Crippen molar-refractivity contribution in [2.75, 3.05) is 0 Å². The second kappa shape index (κ2) is 7.45. The number of hydrogen-bond donors (Lipinski definition) is 0. The molecular formula is C21H28. The molecule has 0 nitrogen and oxygen atoms in total. The Kier molecular flexibility index (Phi) is 5.61. The largest absolute Gasteiger partial charge is 0.0588 e. The zero-order valence-corrected chi connectivity index (χ0v) is 13.9. The van der Waals surface area contributed by atoms with Crippen LogP contribution in [-0.4, -0.2) is 0 Å². The van der Waals surface area contributed by atoms with Crippen molar-refractivity contribution >= 4 is 0 Å². The van der Waals surface area contributed by atoms with Gasteiger partial charge in [0.05, 0.1) is 0 Å². The minimum Gasteiger partial charge on any atom is -0.0588 e. The fourth-order valence-corrected chi connectivity index (χ4v) is 2.64. The van der Waals surface area contributed by atoms with Crippen molar-refractivity contribution in [3.05, 3.63) is 70.8 Å². The molecule has 0 heteroatoms. The monoisotopic (exact) mass is 280 g/mol. The molecule has 0 aliphatic heterocycles. The summed E-state index contributed by atoms with van der Waals surface area (Å²) in [6, 6.07) is 18.3. The number of rotatable bonds is 6.